The summed E-state index contributed by atoms with van der Waals surface area (Å²) in [5, 5.41) is 5.64. The molecule has 2 aromatic rings. The lowest BCUT2D eigenvalue weighted by atomic mass is 10.1. The van der Waals surface area contributed by atoms with Gasteiger partial charge in [0.05, 0.1) is 12.2 Å². The molecule has 0 unspecified atom stereocenters. The highest BCUT2D eigenvalue weighted by Crippen LogP contribution is 2.06. The molecule has 0 fully saturated rings. The van der Waals surface area contributed by atoms with Gasteiger partial charge in [0.15, 0.2) is 0 Å². The molecule has 0 bridgehead atoms. The molecule has 0 atom stereocenters. The first-order valence-electron chi connectivity index (χ1n) is 7.62. The predicted molar refractivity (Wildman–Crippen MR) is 89.0 cm³/mol. The second kappa shape index (κ2) is 8.08. The van der Waals surface area contributed by atoms with E-state index in [-0.39, 0.29) is 11.8 Å². The van der Waals surface area contributed by atoms with Crippen LogP contribution in [-0.2, 0) is 6.54 Å². The minimum Gasteiger partial charge on any atom is -0.352 e. The lowest BCUT2D eigenvalue weighted by Gasteiger charge is -2.09. The molecule has 0 aliphatic carbocycles. The van der Waals surface area contributed by atoms with E-state index < -0.39 is 0 Å². The van der Waals surface area contributed by atoms with Gasteiger partial charge in [-0.1, -0.05) is 26.0 Å². The Morgan fingerprint density at radius 1 is 1.00 bits per heavy atom. The Bertz CT molecular complexity index is 669. The van der Waals surface area contributed by atoms with Crippen molar-refractivity contribution in [1.82, 2.24) is 15.6 Å². The second-order valence-electron chi connectivity index (χ2n) is 5.69. The van der Waals surface area contributed by atoms with Crippen LogP contribution in [0.2, 0.25) is 0 Å². The zero-order valence-electron chi connectivity index (χ0n) is 13.4. The summed E-state index contributed by atoms with van der Waals surface area (Å²) in [5.74, 6) is -0.0176. The molecule has 1 heterocycles. The minimum atomic E-state index is -0.228. The van der Waals surface area contributed by atoms with E-state index in [1.165, 1.54) is 0 Å². The maximum absolute atomic E-state index is 12.2. The Balaban J connectivity index is 1.98. The zero-order valence-corrected chi connectivity index (χ0v) is 13.4. The zero-order chi connectivity index (χ0) is 16.7. The number of rotatable bonds is 6. The maximum Gasteiger partial charge on any atom is 0.251 e. The van der Waals surface area contributed by atoms with Crippen LogP contribution in [0, 0.1) is 5.92 Å². The van der Waals surface area contributed by atoms with Crippen LogP contribution >= 0.6 is 0 Å². The standard InChI is InChI=1S/C18H21N3O2/c1-13(2)11-20-17(22)14-6-5-7-15(10-14)18(23)21-12-16-8-3-4-9-19-16/h3-10,13H,11-12H2,1-2H3,(H,20,22)(H,21,23). The van der Waals surface area contributed by atoms with Crippen LogP contribution in [-0.4, -0.2) is 23.3 Å². The van der Waals surface area contributed by atoms with Gasteiger partial charge in [-0.05, 0) is 36.2 Å². The number of nitrogens with zero attached hydrogens (tertiary/aromatic N) is 1. The van der Waals surface area contributed by atoms with Crippen LogP contribution in [0.15, 0.2) is 48.7 Å². The van der Waals surface area contributed by atoms with Gasteiger partial charge in [0.25, 0.3) is 11.8 Å². The lowest BCUT2D eigenvalue weighted by Crippen LogP contribution is -2.28. The number of benzene rings is 1. The molecule has 0 aliphatic heterocycles. The number of aromatic nitrogens is 1. The van der Waals surface area contributed by atoms with Crippen molar-refractivity contribution in [1.29, 1.82) is 0 Å². The molecule has 0 saturated carbocycles. The Kier molecular flexibility index (Phi) is 5.86. The van der Waals surface area contributed by atoms with Crippen LogP contribution in [0.3, 0.4) is 0 Å². The van der Waals surface area contributed by atoms with E-state index in [2.05, 4.69) is 15.6 Å². The van der Waals surface area contributed by atoms with Gasteiger partial charge < -0.3 is 10.6 Å². The Morgan fingerprint density at radius 2 is 1.70 bits per heavy atom. The summed E-state index contributed by atoms with van der Waals surface area (Å²) >= 11 is 0. The molecule has 0 spiro atoms. The highest BCUT2D eigenvalue weighted by molar-refractivity contribution is 5.99. The fourth-order valence-electron chi connectivity index (χ4n) is 1.98. The van der Waals surface area contributed by atoms with E-state index in [9.17, 15) is 9.59 Å². The Morgan fingerprint density at radius 3 is 2.30 bits per heavy atom. The molecule has 1 aromatic heterocycles. The fraction of sp³-hybridized carbons (Fsp3) is 0.278. The third-order valence-corrected chi connectivity index (χ3v) is 3.21. The van der Waals surface area contributed by atoms with Crippen LogP contribution in [0.4, 0.5) is 0 Å². The third kappa shape index (κ3) is 5.21. The smallest absolute Gasteiger partial charge is 0.251 e. The van der Waals surface area contributed by atoms with Crippen molar-refractivity contribution in [3.05, 3.63) is 65.5 Å². The Labute approximate surface area is 136 Å². The minimum absolute atomic E-state index is 0.168. The topological polar surface area (TPSA) is 71.1 Å². The van der Waals surface area contributed by atoms with Gasteiger partial charge in [-0.25, -0.2) is 0 Å². The molecule has 5 heteroatoms. The van der Waals surface area contributed by atoms with Crippen LogP contribution in [0.25, 0.3) is 0 Å². The van der Waals surface area contributed by atoms with Crippen molar-refractivity contribution < 1.29 is 9.59 Å². The number of pyridine rings is 1. The first-order valence-corrected chi connectivity index (χ1v) is 7.62. The molecule has 2 amide bonds. The van der Waals surface area contributed by atoms with E-state index in [0.717, 1.165) is 5.69 Å². The quantitative estimate of drug-likeness (QED) is 0.860. The van der Waals surface area contributed by atoms with Gasteiger partial charge in [0, 0.05) is 23.9 Å². The van der Waals surface area contributed by atoms with Gasteiger partial charge >= 0.3 is 0 Å². The van der Waals surface area contributed by atoms with Crippen molar-refractivity contribution in [3.63, 3.8) is 0 Å². The van der Waals surface area contributed by atoms with Crippen LogP contribution in [0.1, 0.15) is 40.3 Å². The predicted octanol–water partition coefficient (Wildman–Crippen LogP) is 2.40. The van der Waals surface area contributed by atoms with Gasteiger partial charge in [0.1, 0.15) is 0 Å². The highest BCUT2D eigenvalue weighted by atomic mass is 16.2. The molecule has 2 N–H and O–H groups in total. The van der Waals surface area contributed by atoms with Gasteiger partial charge in [-0.15, -0.1) is 0 Å². The maximum atomic E-state index is 12.2. The monoisotopic (exact) mass is 311 g/mol. The summed E-state index contributed by atoms with van der Waals surface area (Å²) in [6.45, 7) is 5.02. The molecular formula is C18H21N3O2. The van der Waals surface area contributed by atoms with E-state index in [1.807, 2.05) is 32.0 Å². The fourth-order valence-corrected chi connectivity index (χ4v) is 1.98. The molecular weight excluding hydrogens is 290 g/mol. The molecule has 2 rings (SSSR count). The van der Waals surface area contributed by atoms with Crippen LogP contribution in [0.5, 0.6) is 0 Å². The van der Waals surface area contributed by atoms with Crippen molar-refractivity contribution in [3.8, 4) is 0 Å². The SMILES string of the molecule is CC(C)CNC(=O)c1cccc(C(=O)NCc2ccccn2)c1. The largest absolute Gasteiger partial charge is 0.352 e. The average molecular weight is 311 g/mol. The summed E-state index contributed by atoms with van der Waals surface area (Å²) in [6, 6.07) is 12.2. The lowest BCUT2D eigenvalue weighted by molar-refractivity contribution is 0.0949. The summed E-state index contributed by atoms with van der Waals surface area (Å²) in [6.07, 6.45) is 1.68. The van der Waals surface area contributed by atoms with Crippen molar-refractivity contribution in [2.75, 3.05) is 6.54 Å². The molecule has 120 valence electrons. The number of hydrogen-bond acceptors (Lipinski definition) is 3. The summed E-state index contributed by atoms with van der Waals surface area (Å²) in [4.78, 5) is 28.4. The average Bonchev–Trinajstić information content (AvgIpc) is 2.58. The number of carbonyl (C=O) groups excluding carboxylic acids is 2. The molecule has 0 saturated heterocycles. The molecule has 5 nitrogen and oxygen atoms in total. The van der Waals surface area contributed by atoms with Crippen molar-refractivity contribution >= 4 is 11.8 Å². The summed E-state index contributed by atoms with van der Waals surface area (Å²) in [5.41, 5.74) is 1.72. The van der Waals surface area contributed by atoms with Gasteiger partial charge in [-0.3, -0.25) is 14.6 Å². The van der Waals surface area contributed by atoms with Gasteiger partial charge in [0.2, 0.25) is 0 Å². The summed E-state index contributed by atoms with van der Waals surface area (Å²) in [7, 11) is 0. The number of hydrogen-bond donors (Lipinski definition) is 2. The van der Waals surface area contributed by atoms with Crippen LogP contribution < -0.4 is 10.6 Å². The molecule has 1 aromatic carbocycles. The summed E-state index contributed by atoms with van der Waals surface area (Å²) < 4.78 is 0. The van der Waals surface area contributed by atoms with Gasteiger partial charge in [-0.2, -0.15) is 0 Å². The van der Waals surface area contributed by atoms with Crippen molar-refractivity contribution in [2.24, 2.45) is 5.92 Å². The molecule has 0 radical (unpaired) electrons. The molecule has 0 aliphatic rings. The normalized spacial score (nSPS) is 10.4. The number of carbonyl (C=O) groups is 2. The van der Waals surface area contributed by atoms with E-state index in [4.69, 9.17) is 0 Å². The first-order chi connectivity index (χ1) is 11.1. The van der Waals surface area contributed by atoms with Crippen molar-refractivity contribution in [2.45, 2.75) is 20.4 Å². The highest BCUT2D eigenvalue weighted by Gasteiger charge is 2.10. The molecule has 23 heavy (non-hydrogen) atoms. The number of amides is 2. The van der Waals surface area contributed by atoms with E-state index >= 15 is 0 Å². The van der Waals surface area contributed by atoms with E-state index in [0.29, 0.717) is 30.1 Å². The van der Waals surface area contributed by atoms with E-state index in [1.54, 1.807) is 30.5 Å². The first kappa shape index (κ1) is 16.7. The second-order valence-corrected chi connectivity index (χ2v) is 5.69. The number of nitrogens with one attached hydrogen (secondary N) is 2. The third-order valence-electron chi connectivity index (χ3n) is 3.21. The Hall–Kier alpha value is -2.69.